The number of benzene rings is 2. The molecule has 0 aliphatic carbocycles. The molecule has 2 aromatic carbocycles. The first-order chi connectivity index (χ1) is 11.6. The fourth-order valence-corrected chi connectivity index (χ4v) is 2.93. The maximum absolute atomic E-state index is 11.7. The summed E-state index contributed by atoms with van der Waals surface area (Å²) in [6.07, 6.45) is 0.820. The summed E-state index contributed by atoms with van der Waals surface area (Å²) in [6.45, 7) is 0. The van der Waals surface area contributed by atoms with E-state index in [9.17, 15) is 10.1 Å². The SMILES string of the molecule is O=[N+]([O-])c1c(Cc2ccccc2)cc(Cl)nc1Cc1ccccc1. The van der Waals surface area contributed by atoms with E-state index in [1.54, 1.807) is 6.07 Å². The minimum Gasteiger partial charge on any atom is -0.258 e. The van der Waals surface area contributed by atoms with Crippen LogP contribution in [0.4, 0.5) is 5.69 Å². The second-order valence-corrected chi connectivity index (χ2v) is 5.87. The Labute approximate surface area is 144 Å². The smallest absolute Gasteiger partial charge is 0.258 e. The fraction of sp³-hybridized carbons (Fsp3) is 0.105. The number of nitrogens with zero attached hydrogens (tertiary/aromatic N) is 2. The van der Waals surface area contributed by atoms with Crippen molar-refractivity contribution in [2.24, 2.45) is 0 Å². The lowest BCUT2D eigenvalue weighted by Crippen LogP contribution is -2.05. The molecule has 0 unspecified atom stereocenters. The van der Waals surface area contributed by atoms with Gasteiger partial charge in [-0.05, 0) is 17.2 Å². The summed E-state index contributed by atoms with van der Waals surface area (Å²) in [6, 6.07) is 20.7. The van der Waals surface area contributed by atoms with E-state index >= 15 is 0 Å². The van der Waals surface area contributed by atoms with Crippen LogP contribution in [0.2, 0.25) is 5.15 Å². The van der Waals surface area contributed by atoms with Gasteiger partial charge in [-0.1, -0.05) is 72.3 Å². The maximum atomic E-state index is 11.7. The molecule has 1 heterocycles. The minimum absolute atomic E-state index is 0.0482. The van der Waals surface area contributed by atoms with E-state index in [0.29, 0.717) is 24.1 Å². The summed E-state index contributed by atoms with van der Waals surface area (Å²) in [5, 5.41) is 11.9. The second kappa shape index (κ2) is 7.23. The van der Waals surface area contributed by atoms with E-state index in [1.165, 1.54) is 0 Å². The maximum Gasteiger partial charge on any atom is 0.294 e. The molecule has 0 radical (unpaired) electrons. The molecule has 4 nitrogen and oxygen atoms in total. The number of rotatable bonds is 5. The van der Waals surface area contributed by atoms with Gasteiger partial charge in [-0.2, -0.15) is 0 Å². The average Bonchev–Trinajstić information content (AvgIpc) is 2.56. The molecular weight excluding hydrogens is 324 g/mol. The van der Waals surface area contributed by atoms with Crippen LogP contribution in [-0.4, -0.2) is 9.91 Å². The standard InChI is InChI=1S/C19H15ClN2O2/c20-18-13-16(11-14-7-3-1-4-8-14)19(22(23)24)17(21-18)12-15-9-5-2-6-10-15/h1-10,13H,11-12H2. The lowest BCUT2D eigenvalue weighted by molar-refractivity contribution is -0.386. The Morgan fingerprint density at radius 1 is 0.917 bits per heavy atom. The highest BCUT2D eigenvalue weighted by atomic mass is 35.5. The first-order valence-corrected chi connectivity index (χ1v) is 7.92. The van der Waals surface area contributed by atoms with Gasteiger partial charge in [0.2, 0.25) is 0 Å². The number of hydrogen-bond acceptors (Lipinski definition) is 3. The Bertz CT molecular complexity index is 789. The Hall–Kier alpha value is -2.72. The first-order valence-electron chi connectivity index (χ1n) is 7.54. The van der Waals surface area contributed by atoms with Gasteiger partial charge in [0, 0.05) is 18.4 Å². The molecule has 0 N–H and O–H groups in total. The summed E-state index contributed by atoms with van der Waals surface area (Å²) >= 11 is 6.13. The lowest BCUT2D eigenvalue weighted by Gasteiger charge is -2.09. The van der Waals surface area contributed by atoms with Crippen LogP contribution < -0.4 is 0 Å². The number of pyridine rings is 1. The molecule has 3 rings (SSSR count). The Kier molecular flexibility index (Phi) is 4.87. The molecule has 0 aliphatic heterocycles. The summed E-state index contributed by atoms with van der Waals surface area (Å²) in [4.78, 5) is 15.5. The zero-order chi connectivity index (χ0) is 16.9. The van der Waals surface area contributed by atoms with Crippen molar-refractivity contribution in [1.82, 2.24) is 4.98 Å². The van der Waals surface area contributed by atoms with Crippen molar-refractivity contribution in [2.45, 2.75) is 12.8 Å². The second-order valence-electron chi connectivity index (χ2n) is 5.48. The summed E-state index contributed by atoms with van der Waals surface area (Å²) in [5.41, 5.74) is 2.98. The fourth-order valence-electron chi connectivity index (χ4n) is 2.70. The zero-order valence-corrected chi connectivity index (χ0v) is 13.6. The molecule has 0 saturated heterocycles. The largest absolute Gasteiger partial charge is 0.294 e. The molecule has 5 heteroatoms. The van der Waals surface area contributed by atoms with Crippen LogP contribution in [0.3, 0.4) is 0 Å². The molecule has 0 fully saturated rings. The molecule has 24 heavy (non-hydrogen) atoms. The number of halogens is 1. The number of nitro groups is 1. The summed E-state index contributed by atoms with van der Waals surface area (Å²) in [5.74, 6) is 0. The van der Waals surface area contributed by atoms with Crippen molar-refractivity contribution in [1.29, 1.82) is 0 Å². The van der Waals surface area contributed by atoms with Crippen molar-refractivity contribution in [3.63, 3.8) is 0 Å². The van der Waals surface area contributed by atoms with E-state index < -0.39 is 0 Å². The summed E-state index contributed by atoms with van der Waals surface area (Å²) < 4.78 is 0. The minimum atomic E-state index is -0.361. The third-order valence-electron chi connectivity index (χ3n) is 3.75. The first kappa shape index (κ1) is 16.1. The molecule has 3 aromatic rings. The predicted molar refractivity (Wildman–Crippen MR) is 94.4 cm³/mol. The van der Waals surface area contributed by atoms with Crippen molar-refractivity contribution in [3.8, 4) is 0 Å². The highest BCUT2D eigenvalue weighted by molar-refractivity contribution is 6.29. The van der Waals surface area contributed by atoms with Crippen molar-refractivity contribution in [2.75, 3.05) is 0 Å². The van der Waals surface area contributed by atoms with Crippen LogP contribution in [0, 0.1) is 10.1 Å². The third-order valence-corrected chi connectivity index (χ3v) is 3.94. The average molecular weight is 339 g/mol. The number of aromatic nitrogens is 1. The van der Waals surface area contributed by atoms with Crippen molar-refractivity contribution < 1.29 is 4.92 Å². The molecule has 0 amide bonds. The Morgan fingerprint density at radius 3 is 2.00 bits per heavy atom. The molecule has 0 aliphatic rings. The van der Waals surface area contributed by atoms with Crippen LogP contribution in [0.15, 0.2) is 66.7 Å². The Morgan fingerprint density at radius 2 is 1.46 bits per heavy atom. The van der Waals surface area contributed by atoms with Gasteiger partial charge >= 0.3 is 0 Å². The van der Waals surface area contributed by atoms with Crippen LogP contribution in [-0.2, 0) is 12.8 Å². The van der Waals surface area contributed by atoms with Crippen LogP contribution in [0.5, 0.6) is 0 Å². The van der Waals surface area contributed by atoms with E-state index in [2.05, 4.69) is 4.98 Å². The predicted octanol–water partition coefficient (Wildman–Crippen LogP) is 4.82. The van der Waals surface area contributed by atoms with Crippen LogP contribution in [0.1, 0.15) is 22.4 Å². The highest BCUT2D eigenvalue weighted by Crippen LogP contribution is 2.29. The Balaban J connectivity index is 2.04. The van der Waals surface area contributed by atoms with E-state index in [-0.39, 0.29) is 15.8 Å². The van der Waals surface area contributed by atoms with Gasteiger partial charge in [0.25, 0.3) is 5.69 Å². The molecular formula is C19H15ClN2O2. The van der Waals surface area contributed by atoms with Gasteiger partial charge in [0.1, 0.15) is 10.8 Å². The third kappa shape index (κ3) is 3.78. The van der Waals surface area contributed by atoms with Gasteiger partial charge in [0.05, 0.1) is 4.92 Å². The topological polar surface area (TPSA) is 56.0 Å². The normalized spacial score (nSPS) is 10.5. The quantitative estimate of drug-likeness (QED) is 0.380. The highest BCUT2D eigenvalue weighted by Gasteiger charge is 2.22. The molecule has 0 atom stereocenters. The molecule has 120 valence electrons. The van der Waals surface area contributed by atoms with Crippen molar-refractivity contribution >= 4 is 17.3 Å². The van der Waals surface area contributed by atoms with E-state index in [4.69, 9.17) is 11.6 Å². The zero-order valence-electron chi connectivity index (χ0n) is 12.9. The van der Waals surface area contributed by atoms with E-state index in [0.717, 1.165) is 11.1 Å². The molecule has 0 bridgehead atoms. The van der Waals surface area contributed by atoms with Crippen molar-refractivity contribution in [3.05, 3.63) is 104 Å². The molecule has 0 saturated carbocycles. The monoisotopic (exact) mass is 338 g/mol. The van der Waals surface area contributed by atoms with Gasteiger partial charge in [0.15, 0.2) is 0 Å². The number of hydrogen-bond donors (Lipinski definition) is 0. The molecule has 0 spiro atoms. The summed E-state index contributed by atoms with van der Waals surface area (Å²) in [7, 11) is 0. The molecule has 1 aromatic heterocycles. The van der Waals surface area contributed by atoms with Gasteiger partial charge in [-0.25, -0.2) is 4.98 Å². The van der Waals surface area contributed by atoms with Gasteiger partial charge in [-0.3, -0.25) is 10.1 Å². The van der Waals surface area contributed by atoms with Crippen LogP contribution in [0.25, 0.3) is 0 Å². The lowest BCUT2D eigenvalue weighted by atomic mass is 10.0. The van der Waals surface area contributed by atoms with Gasteiger partial charge < -0.3 is 0 Å². The van der Waals surface area contributed by atoms with Crippen LogP contribution >= 0.6 is 11.6 Å². The van der Waals surface area contributed by atoms with E-state index in [1.807, 2.05) is 60.7 Å². The van der Waals surface area contributed by atoms with Gasteiger partial charge in [-0.15, -0.1) is 0 Å².